The number of likely N-dealkylation sites (tertiary alicyclic amines) is 1. The van der Waals surface area contributed by atoms with E-state index in [-0.39, 0.29) is 35.2 Å². The third-order valence-electron chi connectivity index (χ3n) is 5.80. The number of sulfonamides is 1. The first-order valence-corrected chi connectivity index (χ1v) is 10.1. The van der Waals surface area contributed by atoms with Crippen LogP contribution in [0.2, 0.25) is 0 Å². The summed E-state index contributed by atoms with van der Waals surface area (Å²) in [5.41, 5.74) is 6.45. The molecule has 3 atom stereocenters. The molecule has 3 fully saturated rings. The van der Waals surface area contributed by atoms with Gasteiger partial charge in [0.25, 0.3) is 5.91 Å². The van der Waals surface area contributed by atoms with E-state index < -0.39 is 10.0 Å². The summed E-state index contributed by atoms with van der Waals surface area (Å²) in [5.74, 6) is 0.526. The summed E-state index contributed by atoms with van der Waals surface area (Å²) in [6, 6.07) is 1.58. The van der Waals surface area contributed by atoms with Gasteiger partial charge in [0.2, 0.25) is 10.0 Å². The normalized spacial score (nSPS) is 29.6. The number of carbonyl (C=O) groups is 1. The Kier molecular flexibility index (Phi) is 5.16. The van der Waals surface area contributed by atoms with Gasteiger partial charge in [0.1, 0.15) is 10.6 Å². The van der Waals surface area contributed by atoms with Gasteiger partial charge in [-0.05, 0) is 43.6 Å². The molecule has 3 heterocycles. The van der Waals surface area contributed by atoms with Crippen molar-refractivity contribution >= 4 is 28.3 Å². The molecule has 3 unspecified atom stereocenters. The van der Waals surface area contributed by atoms with Crippen LogP contribution in [-0.2, 0) is 10.0 Å². The number of nitrogens with one attached hydrogen (secondary N) is 1. The molecule has 2 aliphatic heterocycles. The molecule has 0 bridgehead atoms. The van der Waals surface area contributed by atoms with Crippen molar-refractivity contribution in [2.45, 2.75) is 36.6 Å². The summed E-state index contributed by atoms with van der Waals surface area (Å²) < 4.78 is 27.3. The quantitative estimate of drug-likeness (QED) is 0.807. The number of carbonyl (C=O) groups excluding carboxylic acids is 1. The van der Waals surface area contributed by atoms with Gasteiger partial charge in [-0.3, -0.25) is 4.79 Å². The molecule has 1 amide bonds. The Morgan fingerprint density at radius 1 is 1.20 bits per heavy atom. The molecule has 3 aliphatic rings. The Morgan fingerprint density at radius 3 is 2.60 bits per heavy atom. The zero-order chi connectivity index (χ0) is 16.9. The third-order valence-corrected chi connectivity index (χ3v) is 7.61. The monoisotopic (exact) mass is 388 g/mol. The Balaban J connectivity index is 0.00000182. The number of halogens is 1. The lowest BCUT2D eigenvalue weighted by Gasteiger charge is -2.17. The summed E-state index contributed by atoms with van der Waals surface area (Å²) >= 11 is 0. The topological polar surface area (TPSA) is 99.5 Å². The first-order chi connectivity index (χ1) is 11.5. The van der Waals surface area contributed by atoms with Gasteiger partial charge in [0, 0.05) is 38.4 Å². The van der Waals surface area contributed by atoms with Crippen LogP contribution in [0.4, 0.5) is 0 Å². The number of rotatable bonds is 3. The number of aromatic nitrogens is 1. The highest BCUT2D eigenvalue weighted by Crippen LogP contribution is 2.39. The molecular weight excluding hydrogens is 364 g/mol. The van der Waals surface area contributed by atoms with Crippen LogP contribution in [0.25, 0.3) is 0 Å². The molecule has 1 saturated carbocycles. The maximum atomic E-state index is 12.9. The summed E-state index contributed by atoms with van der Waals surface area (Å²) in [6.45, 7) is 2.52. The Hall–Kier alpha value is -1.09. The van der Waals surface area contributed by atoms with E-state index in [0.717, 1.165) is 38.8 Å². The predicted octanol–water partition coefficient (Wildman–Crippen LogP) is 1.03. The Labute approximate surface area is 154 Å². The summed E-state index contributed by atoms with van der Waals surface area (Å²) in [5, 5.41) is 0. The van der Waals surface area contributed by atoms with Crippen LogP contribution in [0, 0.1) is 11.8 Å². The molecule has 2 saturated heterocycles. The fourth-order valence-electron chi connectivity index (χ4n) is 4.35. The van der Waals surface area contributed by atoms with Crippen molar-refractivity contribution in [1.82, 2.24) is 14.2 Å². The third kappa shape index (κ3) is 3.20. The number of fused-ring (bicyclic) bond motifs is 1. The van der Waals surface area contributed by atoms with Gasteiger partial charge >= 0.3 is 0 Å². The van der Waals surface area contributed by atoms with Crippen LogP contribution < -0.4 is 5.73 Å². The molecule has 3 N–H and O–H groups in total. The van der Waals surface area contributed by atoms with E-state index in [2.05, 4.69) is 4.98 Å². The maximum Gasteiger partial charge on any atom is 0.270 e. The van der Waals surface area contributed by atoms with Crippen molar-refractivity contribution in [3.63, 3.8) is 0 Å². The van der Waals surface area contributed by atoms with Crippen molar-refractivity contribution in [1.29, 1.82) is 0 Å². The minimum Gasteiger partial charge on any atom is -0.356 e. The highest BCUT2D eigenvalue weighted by Gasteiger charge is 2.45. The minimum absolute atomic E-state index is 0. The van der Waals surface area contributed by atoms with Gasteiger partial charge in [0.05, 0.1) is 0 Å². The number of hydrogen-bond donors (Lipinski definition) is 2. The van der Waals surface area contributed by atoms with Gasteiger partial charge in [-0.15, -0.1) is 12.4 Å². The van der Waals surface area contributed by atoms with Gasteiger partial charge in [-0.2, -0.15) is 4.31 Å². The van der Waals surface area contributed by atoms with Crippen LogP contribution in [-0.4, -0.2) is 60.7 Å². The zero-order valence-electron chi connectivity index (χ0n) is 14.1. The predicted molar refractivity (Wildman–Crippen MR) is 96.1 cm³/mol. The van der Waals surface area contributed by atoms with Crippen molar-refractivity contribution in [2.24, 2.45) is 17.6 Å². The molecule has 9 heteroatoms. The fraction of sp³-hybridized carbons (Fsp3) is 0.688. The van der Waals surface area contributed by atoms with Gasteiger partial charge in [0.15, 0.2) is 0 Å². The zero-order valence-corrected chi connectivity index (χ0v) is 15.7. The first kappa shape index (κ1) is 18.7. The number of nitrogens with zero attached hydrogens (tertiary/aromatic N) is 2. The largest absolute Gasteiger partial charge is 0.356 e. The molecular formula is C16H25ClN4O3S. The number of nitrogens with two attached hydrogens (primary N) is 1. The van der Waals surface area contributed by atoms with Crippen LogP contribution in [0.15, 0.2) is 17.2 Å². The molecule has 7 nitrogen and oxygen atoms in total. The fourth-order valence-corrected chi connectivity index (χ4v) is 5.88. The first-order valence-electron chi connectivity index (χ1n) is 8.70. The lowest BCUT2D eigenvalue weighted by Crippen LogP contribution is -2.33. The van der Waals surface area contributed by atoms with Gasteiger partial charge in [-0.25, -0.2) is 8.42 Å². The van der Waals surface area contributed by atoms with E-state index in [1.165, 1.54) is 16.6 Å². The van der Waals surface area contributed by atoms with Crippen molar-refractivity contribution < 1.29 is 13.2 Å². The smallest absolute Gasteiger partial charge is 0.270 e. The van der Waals surface area contributed by atoms with Crippen molar-refractivity contribution in [2.75, 3.05) is 26.2 Å². The summed E-state index contributed by atoms with van der Waals surface area (Å²) in [7, 11) is -3.56. The highest BCUT2D eigenvalue weighted by atomic mass is 35.5. The van der Waals surface area contributed by atoms with Crippen molar-refractivity contribution in [3.8, 4) is 0 Å². The summed E-state index contributed by atoms with van der Waals surface area (Å²) in [6.07, 6.45) is 5.45. The second-order valence-corrected chi connectivity index (χ2v) is 9.17. The molecule has 0 spiro atoms. The second kappa shape index (κ2) is 6.90. The highest BCUT2D eigenvalue weighted by molar-refractivity contribution is 7.89. The van der Waals surface area contributed by atoms with Crippen LogP contribution >= 0.6 is 12.4 Å². The standard InChI is InChI=1S/C16H24N4O3S.ClH/c17-14-4-3-11-9-20(10-13(11)14)24(22,23)12-7-15(18-8-12)16(21)19-5-1-2-6-19;/h7-8,11,13-14,18H,1-6,9-10,17H2;1H. The second-order valence-electron chi connectivity index (χ2n) is 7.24. The molecule has 0 radical (unpaired) electrons. The van der Waals surface area contributed by atoms with E-state index in [1.54, 1.807) is 4.90 Å². The van der Waals surface area contributed by atoms with E-state index in [4.69, 9.17) is 5.73 Å². The molecule has 25 heavy (non-hydrogen) atoms. The lowest BCUT2D eigenvalue weighted by molar-refractivity contribution is 0.0787. The summed E-state index contributed by atoms with van der Waals surface area (Å²) in [4.78, 5) is 17.2. The van der Waals surface area contributed by atoms with E-state index >= 15 is 0 Å². The van der Waals surface area contributed by atoms with Gasteiger partial charge < -0.3 is 15.6 Å². The molecule has 0 aromatic carbocycles. The lowest BCUT2D eigenvalue weighted by atomic mass is 9.98. The van der Waals surface area contributed by atoms with Crippen LogP contribution in [0.5, 0.6) is 0 Å². The van der Waals surface area contributed by atoms with Crippen LogP contribution in [0.1, 0.15) is 36.2 Å². The van der Waals surface area contributed by atoms with E-state index in [1.807, 2.05) is 0 Å². The molecule has 1 aromatic rings. The maximum absolute atomic E-state index is 12.9. The van der Waals surface area contributed by atoms with Crippen molar-refractivity contribution in [3.05, 3.63) is 18.0 Å². The molecule has 140 valence electrons. The molecule has 1 aliphatic carbocycles. The average molecular weight is 389 g/mol. The van der Waals surface area contributed by atoms with E-state index in [0.29, 0.717) is 24.7 Å². The average Bonchev–Trinajstić information content (AvgIpc) is 3.33. The Morgan fingerprint density at radius 2 is 1.92 bits per heavy atom. The van der Waals surface area contributed by atoms with E-state index in [9.17, 15) is 13.2 Å². The van der Waals surface area contributed by atoms with Gasteiger partial charge in [-0.1, -0.05) is 0 Å². The van der Waals surface area contributed by atoms with Crippen LogP contribution in [0.3, 0.4) is 0 Å². The number of aromatic amines is 1. The molecule has 1 aromatic heterocycles. The number of H-pyrrole nitrogens is 1. The molecule has 4 rings (SSSR count). The Bertz CT molecular complexity index is 744. The SMILES string of the molecule is Cl.NC1CCC2CN(S(=O)(=O)c3c[nH]c(C(=O)N4CCCC4)c3)CC12. The minimum atomic E-state index is -3.56. The number of amides is 1. The number of hydrogen-bond acceptors (Lipinski definition) is 4.